The van der Waals surface area contributed by atoms with Crippen molar-refractivity contribution in [2.75, 3.05) is 11.4 Å². The summed E-state index contributed by atoms with van der Waals surface area (Å²) in [6, 6.07) is 13.2. The Kier molecular flexibility index (Phi) is 7.83. The normalized spacial score (nSPS) is 14.3. The molecule has 1 aliphatic carbocycles. The molecule has 36 heavy (non-hydrogen) atoms. The highest BCUT2D eigenvalue weighted by atomic mass is 19.1. The van der Waals surface area contributed by atoms with Crippen LogP contribution in [0.25, 0.3) is 0 Å². The number of aryl methyl sites for hydroxylation is 2. The van der Waals surface area contributed by atoms with Crippen LogP contribution in [0.5, 0.6) is 0 Å². The molecule has 1 fully saturated rings. The number of nitrogens with zero attached hydrogens (tertiary/aromatic N) is 1. The van der Waals surface area contributed by atoms with Crippen molar-refractivity contribution in [1.29, 1.82) is 0 Å². The number of rotatable bonds is 8. The molecule has 3 amide bonds. The molecule has 1 aliphatic rings. The molecule has 0 bridgehead atoms. The van der Waals surface area contributed by atoms with E-state index in [-0.39, 0.29) is 24.3 Å². The van der Waals surface area contributed by atoms with Gasteiger partial charge >= 0.3 is 0 Å². The van der Waals surface area contributed by atoms with E-state index >= 15 is 0 Å². The van der Waals surface area contributed by atoms with Gasteiger partial charge in [-0.2, -0.15) is 0 Å². The van der Waals surface area contributed by atoms with Crippen LogP contribution in [0.2, 0.25) is 0 Å². The maximum Gasteiger partial charge on any atom is 0.287 e. The van der Waals surface area contributed by atoms with Crippen LogP contribution in [0.4, 0.5) is 10.1 Å². The third-order valence-electron chi connectivity index (χ3n) is 6.42. The second-order valence-electron chi connectivity index (χ2n) is 9.16. The van der Waals surface area contributed by atoms with E-state index in [1.165, 1.54) is 41.5 Å². The lowest BCUT2D eigenvalue weighted by molar-refractivity contribution is -0.126. The molecule has 1 heterocycles. The third kappa shape index (κ3) is 5.82. The number of furan rings is 1. The molecule has 188 valence electrons. The van der Waals surface area contributed by atoms with E-state index in [4.69, 9.17) is 4.42 Å². The van der Waals surface area contributed by atoms with Gasteiger partial charge in [0.05, 0.1) is 12.8 Å². The Balaban J connectivity index is 1.71. The highest BCUT2D eigenvalue weighted by Crippen LogP contribution is 2.32. The van der Waals surface area contributed by atoms with Crippen LogP contribution in [-0.4, -0.2) is 30.3 Å². The molecule has 2 N–H and O–H groups in total. The Labute approximate surface area is 209 Å². The van der Waals surface area contributed by atoms with Crippen molar-refractivity contribution >= 4 is 23.4 Å². The van der Waals surface area contributed by atoms with E-state index in [0.717, 1.165) is 36.8 Å². The molecule has 4 rings (SSSR count). The smallest absolute Gasteiger partial charge is 0.287 e. The van der Waals surface area contributed by atoms with Gasteiger partial charge in [-0.25, -0.2) is 4.39 Å². The number of carbonyl (C=O) groups excluding carboxylic acids is 3. The molecule has 7 nitrogen and oxygen atoms in total. The van der Waals surface area contributed by atoms with Crippen LogP contribution < -0.4 is 15.5 Å². The van der Waals surface area contributed by atoms with E-state index < -0.39 is 23.7 Å². The molecule has 0 unspecified atom stereocenters. The molecule has 0 aliphatic heterocycles. The van der Waals surface area contributed by atoms with Crippen molar-refractivity contribution in [3.8, 4) is 0 Å². The lowest BCUT2D eigenvalue weighted by Crippen LogP contribution is -2.49. The third-order valence-corrected chi connectivity index (χ3v) is 6.42. The van der Waals surface area contributed by atoms with E-state index in [9.17, 15) is 18.8 Å². The minimum atomic E-state index is -1.05. The summed E-state index contributed by atoms with van der Waals surface area (Å²) in [5, 5.41) is 5.66. The summed E-state index contributed by atoms with van der Waals surface area (Å²) in [7, 11) is 0. The Hall–Kier alpha value is -3.94. The summed E-state index contributed by atoms with van der Waals surface area (Å²) in [6.45, 7) is 3.44. The molecule has 0 saturated heterocycles. The van der Waals surface area contributed by atoms with Crippen molar-refractivity contribution in [3.05, 3.63) is 89.1 Å². The number of hydrogen-bond donors (Lipinski definition) is 2. The number of hydrogen-bond acceptors (Lipinski definition) is 4. The van der Waals surface area contributed by atoms with Gasteiger partial charge in [-0.1, -0.05) is 42.7 Å². The van der Waals surface area contributed by atoms with Crippen LogP contribution in [0.3, 0.4) is 0 Å². The van der Waals surface area contributed by atoms with Crippen LogP contribution in [0, 0.1) is 19.7 Å². The minimum absolute atomic E-state index is 0.0233. The highest BCUT2D eigenvalue weighted by molar-refractivity contribution is 6.04. The van der Waals surface area contributed by atoms with Gasteiger partial charge < -0.3 is 15.1 Å². The molecule has 8 heteroatoms. The lowest BCUT2D eigenvalue weighted by atomic mass is 10.0. The first-order valence-corrected chi connectivity index (χ1v) is 12.1. The zero-order chi connectivity index (χ0) is 25.7. The fraction of sp³-hybridized carbons (Fsp3) is 0.321. The number of benzene rings is 2. The maximum atomic E-state index is 13.8. The van der Waals surface area contributed by atoms with Crippen molar-refractivity contribution < 1.29 is 23.2 Å². The van der Waals surface area contributed by atoms with Gasteiger partial charge in [0.1, 0.15) is 11.9 Å². The number of nitrogens with one attached hydrogen (secondary N) is 2. The number of anilines is 1. The van der Waals surface area contributed by atoms with E-state index in [1.54, 1.807) is 12.1 Å². The number of carbonyl (C=O) groups is 3. The van der Waals surface area contributed by atoms with Gasteiger partial charge in [-0.05, 0) is 68.1 Å². The zero-order valence-electron chi connectivity index (χ0n) is 20.4. The Morgan fingerprint density at radius 1 is 1.06 bits per heavy atom. The second kappa shape index (κ2) is 11.2. The predicted octanol–water partition coefficient (Wildman–Crippen LogP) is 4.60. The predicted molar refractivity (Wildman–Crippen MR) is 134 cm³/mol. The summed E-state index contributed by atoms with van der Waals surface area (Å²) in [4.78, 5) is 41.2. The first kappa shape index (κ1) is 25.2. The summed E-state index contributed by atoms with van der Waals surface area (Å²) in [6.07, 6.45) is 5.18. The van der Waals surface area contributed by atoms with Crippen LogP contribution in [-0.2, 0) is 9.59 Å². The molecule has 1 saturated carbocycles. The number of amides is 3. The van der Waals surface area contributed by atoms with Crippen molar-refractivity contribution in [2.45, 2.75) is 51.6 Å². The van der Waals surface area contributed by atoms with E-state index in [1.807, 2.05) is 26.0 Å². The molecule has 1 aromatic heterocycles. The van der Waals surface area contributed by atoms with Gasteiger partial charge in [-0.15, -0.1) is 0 Å². The summed E-state index contributed by atoms with van der Waals surface area (Å²) in [5.74, 6) is -1.74. The molecule has 2 aromatic carbocycles. The summed E-state index contributed by atoms with van der Waals surface area (Å²) < 4.78 is 18.9. The average Bonchev–Trinajstić information content (AvgIpc) is 3.57. The van der Waals surface area contributed by atoms with E-state index in [2.05, 4.69) is 10.6 Å². The number of halogens is 1. The van der Waals surface area contributed by atoms with Crippen molar-refractivity contribution in [2.24, 2.45) is 0 Å². The lowest BCUT2D eigenvalue weighted by Gasteiger charge is -2.33. The Morgan fingerprint density at radius 2 is 1.78 bits per heavy atom. The maximum absolute atomic E-state index is 13.8. The zero-order valence-corrected chi connectivity index (χ0v) is 20.4. The topological polar surface area (TPSA) is 91.7 Å². The largest absolute Gasteiger partial charge is 0.459 e. The molecular formula is C28H30FN3O4. The Bertz CT molecular complexity index is 1220. The van der Waals surface area contributed by atoms with Gasteiger partial charge in [0.25, 0.3) is 5.91 Å². The molecule has 0 spiro atoms. The van der Waals surface area contributed by atoms with Crippen LogP contribution >= 0.6 is 0 Å². The summed E-state index contributed by atoms with van der Waals surface area (Å²) >= 11 is 0. The van der Waals surface area contributed by atoms with Gasteiger partial charge in [0.15, 0.2) is 5.76 Å². The fourth-order valence-corrected chi connectivity index (χ4v) is 4.64. The molecular weight excluding hydrogens is 461 g/mol. The van der Waals surface area contributed by atoms with E-state index in [0.29, 0.717) is 11.3 Å². The first-order valence-electron chi connectivity index (χ1n) is 12.1. The quantitative estimate of drug-likeness (QED) is 0.482. The average molecular weight is 492 g/mol. The molecule has 0 radical (unpaired) electrons. The van der Waals surface area contributed by atoms with Crippen molar-refractivity contribution in [1.82, 2.24) is 10.6 Å². The monoisotopic (exact) mass is 491 g/mol. The van der Waals surface area contributed by atoms with Crippen molar-refractivity contribution in [3.63, 3.8) is 0 Å². The van der Waals surface area contributed by atoms with Crippen LogP contribution in [0.1, 0.15) is 59.0 Å². The standard InChI is InChI=1S/C28H30FN3O4/c1-18-9-14-23(19(2)16-18)32(25(33)17-30-27(34)24-8-5-15-36-24)26(20-10-12-21(29)13-11-20)28(35)31-22-6-3-4-7-22/h5,8-16,22,26H,3-4,6-7,17H2,1-2H3,(H,30,34)(H,31,35)/t26-/m1/s1. The van der Waals surface area contributed by atoms with Gasteiger partial charge in [0.2, 0.25) is 11.8 Å². The molecule has 3 aromatic rings. The summed E-state index contributed by atoms with van der Waals surface area (Å²) in [5.41, 5.74) is 2.80. The SMILES string of the molecule is Cc1ccc(N(C(=O)CNC(=O)c2ccco2)[C@@H](C(=O)NC2CCCC2)c2ccc(F)cc2)c(C)c1. The first-order chi connectivity index (χ1) is 17.3. The minimum Gasteiger partial charge on any atom is -0.459 e. The van der Waals surface area contributed by atoms with Gasteiger partial charge in [-0.3, -0.25) is 19.3 Å². The van der Waals surface area contributed by atoms with Crippen LogP contribution in [0.15, 0.2) is 65.3 Å². The Morgan fingerprint density at radius 3 is 2.42 bits per heavy atom. The highest BCUT2D eigenvalue weighted by Gasteiger charge is 2.35. The molecule has 1 atom stereocenters. The van der Waals surface area contributed by atoms with Gasteiger partial charge in [0, 0.05) is 11.7 Å². The fourth-order valence-electron chi connectivity index (χ4n) is 4.64. The second-order valence-corrected chi connectivity index (χ2v) is 9.16.